The Morgan fingerprint density at radius 2 is 1.57 bits per heavy atom. The Bertz CT molecular complexity index is 349. The molecular weight excluding hydrogens is 231 g/mol. The van der Waals surface area contributed by atoms with Gasteiger partial charge in [0.1, 0.15) is 5.02 Å². The number of nitrogens with two attached hydrogens (primary N) is 1. The first-order valence-electron chi connectivity index (χ1n) is 3.99. The van der Waals surface area contributed by atoms with Crippen molar-refractivity contribution in [1.82, 2.24) is 0 Å². The third-order valence-electron chi connectivity index (χ3n) is 1.91. The minimum Gasteiger partial charge on any atom is -0.396 e. The number of halogens is 4. The fraction of sp³-hybridized carbons (Fsp3) is 0.333. The van der Waals surface area contributed by atoms with Crippen molar-refractivity contribution >= 4 is 28.9 Å². The summed E-state index contributed by atoms with van der Waals surface area (Å²) in [5.74, 6) is -2.42. The zero-order valence-electron chi connectivity index (χ0n) is 7.67. The zero-order chi connectivity index (χ0) is 11.0. The summed E-state index contributed by atoms with van der Waals surface area (Å²) in [5, 5.41) is -0.471. The van der Waals surface area contributed by atoms with Gasteiger partial charge in [-0.15, -0.1) is 0 Å². The van der Waals surface area contributed by atoms with Crippen molar-refractivity contribution in [2.45, 2.75) is 19.8 Å². The van der Waals surface area contributed by atoms with E-state index >= 15 is 0 Å². The van der Waals surface area contributed by atoms with E-state index in [1.165, 1.54) is 0 Å². The fourth-order valence-electron chi connectivity index (χ4n) is 1.18. The highest BCUT2D eigenvalue weighted by molar-refractivity contribution is 6.39. The van der Waals surface area contributed by atoms with Gasteiger partial charge in [-0.05, 0) is 5.92 Å². The van der Waals surface area contributed by atoms with Crippen molar-refractivity contribution in [3.63, 3.8) is 0 Å². The highest BCUT2D eigenvalue weighted by Crippen LogP contribution is 2.38. The minimum absolute atomic E-state index is 0.0103. The molecule has 1 rings (SSSR count). The topological polar surface area (TPSA) is 26.0 Å². The molecule has 0 spiro atoms. The molecule has 0 unspecified atom stereocenters. The molecule has 14 heavy (non-hydrogen) atoms. The predicted octanol–water partition coefficient (Wildman–Crippen LogP) is 3.98. The molecule has 2 N–H and O–H groups in total. The Hall–Kier alpha value is -0.540. The Balaban J connectivity index is 3.60. The standard InChI is InChI=1S/C9H9Cl2F2N/c1-3(2)4-5(10)9(14)6(11)8(13)7(4)12/h3H,14H2,1-2H3. The summed E-state index contributed by atoms with van der Waals surface area (Å²) in [4.78, 5) is 0. The summed E-state index contributed by atoms with van der Waals surface area (Å²) in [6, 6.07) is 0. The third kappa shape index (κ3) is 1.66. The number of rotatable bonds is 1. The normalized spacial score (nSPS) is 11.1. The first-order valence-corrected chi connectivity index (χ1v) is 4.74. The number of nitrogen functional groups attached to an aromatic ring is 1. The van der Waals surface area contributed by atoms with Crippen LogP contribution < -0.4 is 5.73 Å². The summed E-state index contributed by atoms with van der Waals surface area (Å²) >= 11 is 11.2. The third-order valence-corrected chi connectivity index (χ3v) is 2.69. The molecule has 0 aliphatic carbocycles. The number of hydrogen-bond donors (Lipinski definition) is 1. The van der Waals surface area contributed by atoms with Gasteiger partial charge in [0.25, 0.3) is 0 Å². The summed E-state index contributed by atoms with van der Waals surface area (Å²) in [6.07, 6.45) is 0. The van der Waals surface area contributed by atoms with E-state index in [9.17, 15) is 8.78 Å². The van der Waals surface area contributed by atoms with Crippen LogP contribution in [0.15, 0.2) is 0 Å². The smallest absolute Gasteiger partial charge is 0.179 e. The molecule has 0 saturated heterocycles. The zero-order valence-corrected chi connectivity index (χ0v) is 9.18. The minimum atomic E-state index is -1.14. The molecule has 78 valence electrons. The monoisotopic (exact) mass is 239 g/mol. The molecule has 0 amide bonds. The van der Waals surface area contributed by atoms with Gasteiger partial charge >= 0.3 is 0 Å². The van der Waals surface area contributed by atoms with Gasteiger partial charge in [0, 0.05) is 5.56 Å². The molecule has 0 bridgehead atoms. The molecule has 0 saturated carbocycles. The van der Waals surface area contributed by atoms with Crippen LogP contribution in [0.4, 0.5) is 14.5 Å². The second kappa shape index (κ2) is 3.91. The second-order valence-electron chi connectivity index (χ2n) is 3.24. The Morgan fingerprint density at radius 1 is 1.07 bits per heavy atom. The first-order chi connectivity index (χ1) is 6.37. The van der Waals surface area contributed by atoms with E-state index in [4.69, 9.17) is 28.9 Å². The van der Waals surface area contributed by atoms with E-state index in [1.807, 2.05) is 0 Å². The maximum absolute atomic E-state index is 13.4. The number of benzene rings is 1. The lowest BCUT2D eigenvalue weighted by Crippen LogP contribution is -2.03. The summed E-state index contributed by atoms with van der Waals surface area (Å²) in [6.45, 7) is 3.38. The van der Waals surface area contributed by atoms with E-state index in [2.05, 4.69) is 0 Å². The van der Waals surface area contributed by atoms with Crippen molar-refractivity contribution < 1.29 is 8.78 Å². The van der Waals surface area contributed by atoms with Gasteiger partial charge in [0.15, 0.2) is 11.6 Å². The molecule has 1 nitrogen and oxygen atoms in total. The molecule has 1 aromatic carbocycles. The van der Waals surface area contributed by atoms with Gasteiger partial charge in [-0.3, -0.25) is 0 Å². The molecule has 1 aromatic rings. The fourth-order valence-corrected chi connectivity index (χ4v) is 1.80. The van der Waals surface area contributed by atoms with E-state index in [0.717, 1.165) is 0 Å². The largest absolute Gasteiger partial charge is 0.396 e. The van der Waals surface area contributed by atoms with Gasteiger partial charge in [-0.25, -0.2) is 8.78 Å². The van der Waals surface area contributed by atoms with Crippen LogP contribution in [0.1, 0.15) is 25.3 Å². The summed E-state index contributed by atoms with van der Waals surface area (Å²) in [7, 11) is 0. The van der Waals surface area contributed by atoms with Gasteiger partial charge in [-0.1, -0.05) is 37.0 Å². The lowest BCUT2D eigenvalue weighted by molar-refractivity contribution is 0.495. The van der Waals surface area contributed by atoms with Crippen molar-refractivity contribution in [3.8, 4) is 0 Å². The van der Waals surface area contributed by atoms with E-state index in [0.29, 0.717) is 0 Å². The van der Waals surface area contributed by atoms with Crippen LogP contribution in [0.3, 0.4) is 0 Å². The quantitative estimate of drug-likeness (QED) is 0.448. The van der Waals surface area contributed by atoms with Crippen molar-refractivity contribution in [3.05, 3.63) is 27.2 Å². The van der Waals surface area contributed by atoms with Gasteiger partial charge in [0.2, 0.25) is 0 Å². The highest BCUT2D eigenvalue weighted by atomic mass is 35.5. The molecule has 0 aromatic heterocycles. The van der Waals surface area contributed by atoms with Crippen LogP contribution in [-0.4, -0.2) is 0 Å². The maximum atomic E-state index is 13.4. The van der Waals surface area contributed by atoms with Gasteiger partial charge in [0.05, 0.1) is 10.7 Å². The molecule has 0 aliphatic rings. The SMILES string of the molecule is CC(C)c1c(F)c(F)c(Cl)c(N)c1Cl. The van der Waals surface area contributed by atoms with Crippen molar-refractivity contribution in [1.29, 1.82) is 0 Å². The lowest BCUT2D eigenvalue weighted by atomic mass is 10.0. The molecule has 0 radical (unpaired) electrons. The van der Waals surface area contributed by atoms with Gasteiger partial charge in [-0.2, -0.15) is 0 Å². The first kappa shape index (κ1) is 11.5. The van der Waals surface area contributed by atoms with Crippen LogP contribution in [-0.2, 0) is 0 Å². The van der Waals surface area contributed by atoms with Crippen LogP contribution in [0.2, 0.25) is 10.0 Å². The molecule has 0 heterocycles. The average Bonchev–Trinajstić information content (AvgIpc) is 2.11. The molecule has 0 aliphatic heterocycles. The molecule has 0 fully saturated rings. The van der Waals surface area contributed by atoms with Crippen LogP contribution >= 0.6 is 23.2 Å². The van der Waals surface area contributed by atoms with Crippen LogP contribution in [0.5, 0.6) is 0 Å². The Kier molecular flexibility index (Phi) is 3.22. The van der Waals surface area contributed by atoms with E-state index in [-0.39, 0.29) is 22.2 Å². The van der Waals surface area contributed by atoms with Crippen LogP contribution in [0.25, 0.3) is 0 Å². The highest BCUT2D eigenvalue weighted by Gasteiger charge is 2.22. The Morgan fingerprint density at radius 3 is 2.00 bits per heavy atom. The van der Waals surface area contributed by atoms with Crippen molar-refractivity contribution in [2.24, 2.45) is 0 Å². The van der Waals surface area contributed by atoms with E-state index in [1.54, 1.807) is 13.8 Å². The van der Waals surface area contributed by atoms with Crippen molar-refractivity contribution in [2.75, 3.05) is 5.73 Å². The summed E-state index contributed by atoms with van der Waals surface area (Å²) < 4.78 is 26.5. The maximum Gasteiger partial charge on any atom is 0.179 e. The summed E-state index contributed by atoms with van der Waals surface area (Å²) in [5.41, 5.74) is 5.37. The molecule has 0 atom stereocenters. The molecule has 5 heteroatoms. The number of anilines is 1. The Labute approximate surface area is 90.8 Å². The van der Waals surface area contributed by atoms with Gasteiger partial charge < -0.3 is 5.73 Å². The predicted molar refractivity (Wildman–Crippen MR) is 54.9 cm³/mol. The van der Waals surface area contributed by atoms with E-state index < -0.39 is 16.7 Å². The average molecular weight is 240 g/mol. The lowest BCUT2D eigenvalue weighted by Gasteiger charge is -2.13. The second-order valence-corrected chi connectivity index (χ2v) is 3.99. The number of hydrogen-bond acceptors (Lipinski definition) is 1. The molecular formula is C9H9Cl2F2N. The van der Waals surface area contributed by atoms with Crippen LogP contribution in [0, 0.1) is 11.6 Å².